The summed E-state index contributed by atoms with van der Waals surface area (Å²) in [6, 6.07) is 15.7. The van der Waals surface area contributed by atoms with Gasteiger partial charge in [0, 0.05) is 30.1 Å². The van der Waals surface area contributed by atoms with Crippen molar-refractivity contribution >= 4 is 27.3 Å². The molecule has 6 nitrogen and oxygen atoms in total. The summed E-state index contributed by atoms with van der Waals surface area (Å²) in [5, 5.41) is 4.85. The lowest BCUT2D eigenvalue weighted by molar-refractivity contribution is 0.0950. The fourth-order valence-corrected chi connectivity index (χ4v) is 5.97. The molecule has 1 N–H and O–H groups in total. The van der Waals surface area contributed by atoms with Crippen LogP contribution in [0.3, 0.4) is 0 Å². The van der Waals surface area contributed by atoms with Gasteiger partial charge in [-0.1, -0.05) is 18.2 Å². The van der Waals surface area contributed by atoms with E-state index in [-0.39, 0.29) is 16.9 Å². The highest BCUT2D eigenvalue weighted by Crippen LogP contribution is 2.28. The van der Waals surface area contributed by atoms with Crippen molar-refractivity contribution in [1.82, 2.24) is 9.62 Å². The zero-order valence-corrected chi connectivity index (χ0v) is 19.7. The number of ether oxygens (including phenoxy) is 1. The van der Waals surface area contributed by atoms with Crippen LogP contribution in [0, 0.1) is 0 Å². The van der Waals surface area contributed by atoms with Crippen LogP contribution >= 0.6 is 11.3 Å². The maximum Gasteiger partial charge on any atom is 0.251 e. The zero-order valence-electron chi connectivity index (χ0n) is 18.1. The predicted molar refractivity (Wildman–Crippen MR) is 125 cm³/mol. The third-order valence-corrected chi connectivity index (χ3v) is 8.12. The number of rotatable bonds is 7. The molecule has 3 aromatic rings. The van der Waals surface area contributed by atoms with Crippen molar-refractivity contribution in [2.24, 2.45) is 0 Å². The second-order valence-electron chi connectivity index (χ2n) is 7.98. The fraction of sp³-hybridized carbons (Fsp3) is 0.292. The molecule has 4 rings (SSSR count). The van der Waals surface area contributed by atoms with Crippen LogP contribution < -0.4 is 10.1 Å². The number of fused-ring (bicyclic) bond motifs is 1. The molecule has 0 spiro atoms. The Morgan fingerprint density at radius 1 is 1.16 bits per heavy atom. The summed E-state index contributed by atoms with van der Waals surface area (Å²) >= 11 is 1.67. The summed E-state index contributed by atoms with van der Waals surface area (Å²) in [6.45, 7) is 5.09. The Morgan fingerprint density at radius 3 is 2.69 bits per heavy atom. The van der Waals surface area contributed by atoms with Gasteiger partial charge in [-0.05, 0) is 73.2 Å². The topological polar surface area (TPSA) is 75.7 Å². The third kappa shape index (κ3) is 5.03. The summed E-state index contributed by atoms with van der Waals surface area (Å²) in [7, 11) is -3.68. The minimum Gasteiger partial charge on any atom is -0.491 e. The third-order valence-electron chi connectivity index (χ3n) is 5.25. The van der Waals surface area contributed by atoms with Gasteiger partial charge in [0.15, 0.2) is 0 Å². The molecule has 1 aliphatic rings. The molecule has 0 aliphatic carbocycles. The van der Waals surface area contributed by atoms with E-state index in [0.29, 0.717) is 31.6 Å². The van der Waals surface area contributed by atoms with E-state index in [1.54, 1.807) is 29.5 Å². The van der Waals surface area contributed by atoms with Gasteiger partial charge < -0.3 is 10.1 Å². The number of hydrogen-bond donors (Lipinski definition) is 1. The van der Waals surface area contributed by atoms with Crippen LogP contribution in [0.5, 0.6) is 5.75 Å². The quantitative estimate of drug-likeness (QED) is 0.561. The van der Waals surface area contributed by atoms with Crippen LogP contribution in [0.1, 0.15) is 40.2 Å². The average molecular weight is 471 g/mol. The van der Waals surface area contributed by atoms with Gasteiger partial charge in [-0.15, -0.1) is 11.3 Å². The van der Waals surface area contributed by atoms with Crippen molar-refractivity contribution < 1.29 is 17.9 Å². The van der Waals surface area contributed by atoms with Gasteiger partial charge in [0.2, 0.25) is 10.0 Å². The van der Waals surface area contributed by atoms with Gasteiger partial charge in [-0.25, -0.2) is 8.42 Å². The standard InChI is InChI=1S/C24H26N2O4S2/c1-17(2)30-21-8-6-18(7-9-21)15-25-24(27)19-4-3-5-22(14-19)32(28,29)26-12-10-23-20(16-26)11-13-31-23/h3-9,11,13-14,17H,10,12,15-16H2,1-2H3,(H,25,27). The van der Waals surface area contributed by atoms with E-state index in [1.165, 1.54) is 15.2 Å². The van der Waals surface area contributed by atoms with Gasteiger partial charge in [0.05, 0.1) is 11.0 Å². The highest BCUT2D eigenvalue weighted by atomic mass is 32.2. The average Bonchev–Trinajstić information content (AvgIpc) is 3.26. The lowest BCUT2D eigenvalue weighted by Crippen LogP contribution is -2.35. The monoisotopic (exact) mass is 470 g/mol. The Hall–Kier alpha value is -2.68. The van der Waals surface area contributed by atoms with E-state index >= 15 is 0 Å². The van der Waals surface area contributed by atoms with Crippen molar-refractivity contribution in [2.75, 3.05) is 6.54 Å². The predicted octanol–water partition coefficient (Wildman–Crippen LogP) is 4.21. The van der Waals surface area contributed by atoms with Crippen LogP contribution in [0.25, 0.3) is 0 Å². The first kappa shape index (κ1) is 22.5. The summed E-state index contributed by atoms with van der Waals surface area (Å²) in [5.74, 6) is 0.462. The van der Waals surface area contributed by atoms with E-state index in [1.807, 2.05) is 49.6 Å². The van der Waals surface area contributed by atoms with Crippen LogP contribution in [-0.2, 0) is 29.5 Å². The molecule has 0 saturated carbocycles. The SMILES string of the molecule is CC(C)Oc1ccc(CNC(=O)c2cccc(S(=O)(=O)N3CCc4sccc4C3)c2)cc1. The van der Waals surface area contributed by atoms with Crippen molar-refractivity contribution in [1.29, 1.82) is 0 Å². The van der Waals surface area contributed by atoms with E-state index in [0.717, 1.165) is 16.9 Å². The Kier molecular flexibility index (Phi) is 6.64. The summed E-state index contributed by atoms with van der Waals surface area (Å²) in [6.07, 6.45) is 0.814. The molecule has 0 atom stereocenters. The Labute approximate surface area is 192 Å². The van der Waals surface area contributed by atoms with Gasteiger partial charge in [-0.2, -0.15) is 4.31 Å². The van der Waals surface area contributed by atoms with Crippen molar-refractivity contribution in [2.45, 2.75) is 44.4 Å². The molecule has 0 fully saturated rings. The number of sulfonamides is 1. The van der Waals surface area contributed by atoms with Crippen LogP contribution in [-0.4, -0.2) is 31.3 Å². The van der Waals surface area contributed by atoms with Gasteiger partial charge >= 0.3 is 0 Å². The van der Waals surface area contributed by atoms with E-state index in [2.05, 4.69) is 5.32 Å². The molecule has 0 radical (unpaired) electrons. The highest BCUT2D eigenvalue weighted by Gasteiger charge is 2.29. The Bertz CT molecular complexity index is 1200. The number of amides is 1. The summed E-state index contributed by atoms with van der Waals surface area (Å²) in [4.78, 5) is 14.1. The first-order valence-corrected chi connectivity index (χ1v) is 12.8. The van der Waals surface area contributed by atoms with Crippen LogP contribution in [0.15, 0.2) is 64.9 Å². The van der Waals surface area contributed by atoms with Gasteiger partial charge in [0.1, 0.15) is 5.75 Å². The second kappa shape index (κ2) is 9.44. The van der Waals surface area contributed by atoms with Crippen molar-refractivity contribution in [3.63, 3.8) is 0 Å². The van der Waals surface area contributed by atoms with Gasteiger partial charge in [0.25, 0.3) is 5.91 Å². The zero-order chi connectivity index (χ0) is 22.7. The molecule has 168 valence electrons. The molecule has 0 bridgehead atoms. The molecule has 32 heavy (non-hydrogen) atoms. The number of carbonyl (C=O) groups is 1. The molecular formula is C24H26N2O4S2. The Balaban J connectivity index is 1.42. The molecule has 1 amide bonds. The lowest BCUT2D eigenvalue weighted by Gasteiger charge is -2.26. The molecule has 8 heteroatoms. The maximum atomic E-state index is 13.2. The number of benzene rings is 2. The maximum absolute atomic E-state index is 13.2. The molecule has 0 unspecified atom stereocenters. The minimum atomic E-state index is -3.68. The fourth-order valence-electron chi connectivity index (χ4n) is 3.62. The van der Waals surface area contributed by atoms with Crippen molar-refractivity contribution in [3.8, 4) is 5.75 Å². The first-order valence-electron chi connectivity index (χ1n) is 10.5. The molecule has 2 heterocycles. The number of carbonyl (C=O) groups excluding carboxylic acids is 1. The van der Waals surface area contributed by atoms with E-state index in [9.17, 15) is 13.2 Å². The van der Waals surface area contributed by atoms with E-state index < -0.39 is 10.0 Å². The number of nitrogens with one attached hydrogen (secondary N) is 1. The smallest absolute Gasteiger partial charge is 0.251 e. The lowest BCUT2D eigenvalue weighted by atomic mass is 10.1. The van der Waals surface area contributed by atoms with Crippen molar-refractivity contribution in [3.05, 3.63) is 81.5 Å². The molecule has 2 aromatic carbocycles. The number of thiophene rings is 1. The minimum absolute atomic E-state index is 0.0985. The molecule has 1 aliphatic heterocycles. The van der Waals surface area contributed by atoms with Crippen LogP contribution in [0.4, 0.5) is 0 Å². The van der Waals surface area contributed by atoms with E-state index in [4.69, 9.17) is 4.74 Å². The molecule has 0 saturated heterocycles. The Morgan fingerprint density at radius 2 is 1.94 bits per heavy atom. The number of hydrogen-bond acceptors (Lipinski definition) is 5. The summed E-state index contributed by atoms with van der Waals surface area (Å²) in [5.41, 5.74) is 2.31. The number of nitrogens with zero attached hydrogens (tertiary/aromatic N) is 1. The largest absolute Gasteiger partial charge is 0.491 e. The highest BCUT2D eigenvalue weighted by molar-refractivity contribution is 7.89. The molecule has 1 aromatic heterocycles. The normalized spacial score (nSPS) is 14.2. The second-order valence-corrected chi connectivity index (χ2v) is 10.9. The van der Waals surface area contributed by atoms with Crippen LogP contribution in [0.2, 0.25) is 0 Å². The first-order chi connectivity index (χ1) is 15.3. The summed E-state index contributed by atoms with van der Waals surface area (Å²) < 4.78 is 33.4. The van der Waals surface area contributed by atoms with Gasteiger partial charge in [-0.3, -0.25) is 4.79 Å². The molecular weight excluding hydrogens is 444 g/mol.